The van der Waals surface area contributed by atoms with Gasteiger partial charge in [0, 0.05) is 18.9 Å². The van der Waals surface area contributed by atoms with Crippen LogP contribution in [0.5, 0.6) is 0 Å². The molecule has 2 rings (SSSR count). The van der Waals surface area contributed by atoms with Gasteiger partial charge in [-0.2, -0.15) is 5.10 Å². The number of hydrogen-bond acceptors (Lipinski definition) is 2. The summed E-state index contributed by atoms with van der Waals surface area (Å²) in [6, 6.07) is 1.73. The lowest BCUT2D eigenvalue weighted by Gasteiger charge is -2.02. The predicted molar refractivity (Wildman–Crippen MR) is 49.7 cm³/mol. The van der Waals surface area contributed by atoms with Gasteiger partial charge in [-0.1, -0.05) is 6.92 Å². The Hall–Kier alpha value is -1.58. The van der Waals surface area contributed by atoms with Gasteiger partial charge in [-0.3, -0.25) is 4.79 Å². The first-order valence-corrected chi connectivity index (χ1v) is 4.35. The zero-order valence-corrected chi connectivity index (χ0v) is 7.47. The molecule has 0 N–H and O–H groups in total. The fraction of sp³-hybridized carbons (Fsp3) is 0.333. The van der Waals surface area contributed by atoms with Gasteiger partial charge in [-0.15, -0.1) is 0 Å². The molecule has 2 aromatic rings. The fourth-order valence-electron chi connectivity index (χ4n) is 1.38. The third-order valence-corrected chi connectivity index (χ3v) is 2.00. The number of hydrogen-bond donors (Lipinski definition) is 0. The van der Waals surface area contributed by atoms with E-state index in [1.54, 1.807) is 33.7 Å². The molecule has 0 spiro atoms. The minimum atomic E-state index is 0.0295. The highest BCUT2D eigenvalue weighted by Crippen LogP contribution is 1.94. The lowest BCUT2D eigenvalue weighted by molar-refractivity contribution is 0.648. The van der Waals surface area contributed by atoms with Gasteiger partial charge in [-0.05, 0) is 12.5 Å². The van der Waals surface area contributed by atoms with Gasteiger partial charge in [0.15, 0.2) is 0 Å². The Labute approximate surface area is 75.4 Å². The van der Waals surface area contributed by atoms with Crippen LogP contribution in [0.1, 0.15) is 13.3 Å². The van der Waals surface area contributed by atoms with Crippen molar-refractivity contribution >= 4 is 5.52 Å². The summed E-state index contributed by atoms with van der Waals surface area (Å²) >= 11 is 0. The van der Waals surface area contributed by atoms with E-state index in [0.717, 1.165) is 13.0 Å². The van der Waals surface area contributed by atoms with Crippen LogP contribution >= 0.6 is 0 Å². The second-order valence-electron chi connectivity index (χ2n) is 2.96. The SMILES string of the molecule is CCCn1ccn2nccc2c1=O. The summed E-state index contributed by atoms with van der Waals surface area (Å²) < 4.78 is 3.30. The van der Waals surface area contributed by atoms with Gasteiger partial charge in [0.05, 0.1) is 6.20 Å². The molecule has 2 heterocycles. The summed E-state index contributed by atoms with van der Waals surface area (Å²) in [4.78, 5) is 11.7. The van der Waals surface area contributed by atoms with Gasteiger partial charge in [0.1, 0.15) is 5.52 Å². The molecule has 13 heavy (non-hydrogen) atoms. The number of nitrogens with zero attached hydrogens (tertiary/aromatic N) is 3. The van der Waals surface area contributed by atoms with E-state index >= 15 is 0 Å². The number of rotatable bonds is 2. The molecule has 0 atom stereocenters. The Kier molecular flexibility index (Phi) is 1.88. The van der Waals surface area contributed by atoms with E-state index in [9.17, 15) is 4.79 Å². The maximum Gasteiger partial charge on any atom is 0.276 e. The van der Waals surface area contributed by atoms with Crippen LogP contribution in [-0.4, -0.2) is 14.2 Å². The van der Waals surface area contributed by atoms with E-state index in [4.69, 9.17) is 0 Å². The molecule has 4 heteroatoms. The quantitative estimate of drug-likeness (QED) is 0.683. The molecule has 0 aliphatic heterocycles. The van der Waals surface area contributed by atoms with Crippen LogP contribution in [0.3, 0.4) is 0 Å². The van der Waals surface area contributed by atoms with Crippen molar-refractivity contribution in [1.82, 2.24) is 14.2 Å². The summed E-state index contributed by atoms with van der Waals surface area (Å²) in [6.45, 7) is 2.81. The Morgan fingerprint density at radius 3 is 3.08 bits per heavy atom. The Balaban J connectivity index is 2.67. The highest BCUT2D eigenvalue weighted by atomic mass is 16.1. The number of aryl methyl sites for hydroxylation is 1. The molecule has 0 fully saturated rings. The van der Waals surface area contributed by atoms with Crippen molar-refractivity contribution < 1.29 is 0 Å². The van der Waals surface area contributed by atoms with E-state index in [1.165, 1.54) is 0 Å². The van der Waals surface area contributed by atoms with Gasteiger partial charge in [-0.25, -0.2) is 4.52 Å². The average Bonchev–Trinajstić information content (AvgIpc) is 2.58. The van der Waals surface area contributed by atoms with Crippen molar-refractivity contribution in [2.24, 2.45) is 0 Å². The molecule has 0 bridgehead atoms. The minimum Gasteiger partial charge on any atom is -0.312 e. The molecule has 0 saturated carbocycles. The van der Waals surface area contributed by atoms with Crippen molar-refractivity contribution in [3.63, 3.8) is 0 Å². The van der Waals surface area contributed by atoms with E-state index in [-0.39, 0.29) is 5.56 Å². The van der Waals surface area contributed by atoms with Crippen LogP contribution in [0, 0.1) is 0 Å². The molecule has 0 aromatic carbocycles. The van der Waals surface area contributed by atoms with Gasteiger partial charge in [0.2, 0.25) is 0 Å². The van der Waals surface area contributed by atoms with E-state index < -0.39 is 0 Å². The largest absolute Gasteiger partial charge is 0.312 e. The van der Waals surface area contributed by atoms with Crippen molar-refractivity contribution in [3.8, 4) is 0 Å². The fourth-order valence-corrected chi connectivity index (χ4v) is 1.38. The maximum absolute atomic E-state index is 11.7. The third-order valence-electron chi connectivity index (χ3n) is 2.00. The van der Waals surface area contributed by atoms with Crippen LogP contribution in [0.15, 0.2) is 29.5 Å². The molecule has 0 saturated heterocycles. The topological polar surface area (TPSA) is 39.3 Å². The van der Waals surface area contributed by atoms with E-state index in [2.05, 4.69) is 5.10 Å². The lowest BCUT2D eigenvalue weighted by atomic mass is 10.4. The summed E-state index contributed by atoms with van der Waals surface area (Å²) in [5.74, 6) is 0. The maximum atomic E-state index is 11.7. The Morgan fingerprint density at radius 2 is 2.31 bits per heavy atom. The third kappa shape index (κ3) is 1.24. The standard InChI is InChI=1S/C9H11N3O/c1-2-5-11-6-7-12-8(9(11)13)3-4-10-12/h3-4,6-7H,2,5H2,1H3. The molecule has 0 aliphatic rings. The summed E-state index contributed by atoms with van der Waals surface area (Å²) in [6.07, 6.45) is 6.16. The van der Waals surface area contributed by atoms with E-state index in [1.807, 2.05) is 6.92 Å². The minimum absolute atomic E-state index is 0.0295. The molecule has 68 valence electrons. The van der Waals surface area contributed by atoms with E-state index in [0.29, 0.717) is 5.52 Å². The van der Waals surface area contributed by atoms with Crippen LogP contribution < -0.4 is 5.56 Å². The molecule has 0 amide bonds. The number of fused-ring (bicyclic) bond motifs is 1. The summed E-state index contributed by atoms with van der Waals surface area (Å²) in [5, 5.41) is 3.98. The normalized spacial score (nSPS) is 10.8. The van der Waals surface area contributed by atoms with Crippen LogP contribution in [0.2, 0.25) is 0 Å². The molecular formula is C9H11N3O. The molecule has 0 aliphatic carbocycles. The van der Waals surface area contributed by atoms with Crippen molar-refractivity contribution in [3.05, 3.63) is 35.0 Å². The first-order chi connectivity index (χ1) is 6.33. The smallest absolute Gasteiger partial charge is 0.276 e. The van der Waals surface area contributed by atoms with Crippen LogP contribution in [0.25, 0.3) is 5.52 Å². The zero-order chi connectivity index (χ0) is 9.26. The molecule has 2 aromatic heterocycles. The summed E-state index contributed by atoms with van der Waals surface area (Å²) in [5.41, 5.74) is 0.665. The van der Waals surface area contributed by atoms with Crippen LogP contribution in [0.4, 0.5) is 0 Å². The van der Waals surface area contributed by atoms with Crippen LogP contribution in [-0.2, 0) is 6.54 Å². The Bertz CT molecular complexity index is 469. The van der Waals surface area contributed by atoms with Crippen molar-refractivity contribution in [2.75, 3.05) is 0 Å². The summed E-state index contributed by atoms with van der Waals surface area (Å²) in [7, 11) is 0. The second kappa shape index (κ2) is 3.05. The van der Waals surface area contributed by atoms with Gasteiger partial charge >= 0.3 is 0 Å². The predicted octanol–water partition coefficient (Wildman–Crippen LogP) is 0.906. The lowest BCUT2D eigenvalue weighted by Crippen LogP contribution is -2.20. The monoisotopic (exact) mass is 177 g/mol. The van der Waals surface area contributed by atoms with Crippen molar-refractivity contribution in [1.29, 1.82) is 0 Å². The van der Waals surface area contributed by atoms with Gasteiger partial charge in [0.25, 0.3) is 5.56 Å². The first-order valence-electron chi connectivity index (χ1n) is 4.35. The second-order valence-corrected chi connectivity index (χ2v) is 2.96. The average molecular weight is 177 g/mol. The van der Waals surface area contributed by atoms with Gasteiger partial charge < -0.3 is 4.57 Å². The molecular weight excluding hydrogens is 166 g/mol. The van der Waals surface area contributed by atoms with Crippen molar-refractivity contribution in [2.45, 2.75) is 19.9 Å². The Morgan fingerprint density at radius 1 is 1.46 bits per heavy atom. The molecule has 4 nitrogen and oxygen atoms in total. The zero-order valence-electron chi connectivity index (χ0n) is 7.47. The molecule has 0 radical (unpaired) electrons. The molecule has 0 unspecified atom stereocenters. The highest BCUT2D eigenvalue weighted by Gasteiger charge is 2.00. The highest BCUT2D eigenvalue weighted by molar-refractivity contribution is 5.42. The number of aromatic nitrogens is 3. The first kappa shape index (κ1) is 8.04.